The molecule has 0 atom stereocenters. The molecule has 1 aromatic heterocycles. The quantitative estimate of drug-likeness (QED) is 0.736. The van der Waals surface area contributed by atoms with Crippen molar-refractivity contribution in [3.05, 3.63) is 68.9 Å². The number of rotatable bonds is 2. The molecule has 0 saturated heterocycles. The van der Waals surface area contributed by atoms with Gasteiger partial charge in [-0.1, -0.05) is 30.3 Å². The van der Waals surface area contributed by atoms with Gasteiger partial charge in [0.05, 0.1) is 0 Å². The minimum Gasteiger partial charge on any atom is -0.383 e. The van der Waals surface area contributed by atoms with Gasteiger partial charge in [-0.25, -0.2) is 4.79 Å². The number of aromatic nitrogens is 2. The molecule has 1 amide bonds. The largest absolute Gasteiger partial charge is 0.383 e. The van der Waals surface area contributed by atoms with Crippen molar-refractivity contribution in [3.8, 4) is 0 Å². The number of benzene rings is 2. The number of hydrogen-bond acceptors (Lipinski definition) is 4. The van der Waals surface area contributed by atoms with Gasteiger partial charge in [0.25, 0.3) is 11.5 Å². The standard InChI is InChI=1S/C17H16N4O3/c1-20-14(18)13(16(23)21(2)17(20)24)19-15(22)12-8-7-10-5-3-4-6-11(10)9-12/h3-9H,18H2,1-2H3,(H,19,22). The van der Waals surface area contributed by atoms with Crippen molar-refractivity contribution in [1.29, 1.82) is 0 Å². The Bertz CT molecular complexity index is 1080. The number of fused-ring (bicyclic) bond motifs is 1. The fraction of sp³-hybridized carbons (Fsp3) is 0.118. The van der Waals surface area contributed by atoms with Crippen LogP contribution in [0, 0.1) is 0 Å². The number of carbonyl (C=O) groups excluding carboxylic acids is 1. The van der Waals surface area contributed by atoms with Crippen LogP contribution in [-0.4, -0.2) is 15.0 Å². The molecule has 0 spiro atoms. The summed E-state index contributed by atoms with van der Waals surface area (Å²) < 4.78 is 2.00. The maximum atomic E-state index is 12.5. The van der Waals surface area contributed by atoms with Gasteiger partial charge in [0.15, 0.2) is 0 Å². The van der Waals surface area contributed by atoms with Crippen LogP contribution >= 0.6 is 0 Å². The van der Waals surface area contributed by atoms with E-state index in [1.165, 1.54) is 14.1 Å². The van der Waals surface area contributed by atoms with Gasteiger partial charge < -0.3 is 11.1 Å². The second-order valence-corrected chi connectivity index (χ2v) is 5.48. The molecule has 2 aromatic carbocycles. The third-order valence-electron chi connectivity index (χ3n) is 3.96. The number of amides is 1. The number of hydrogen-bond donors (Lipinski definition) is 2. The highest BCUT2D eigenvalue weighted by Crippen LogP contribution is 2.17. The van der Waals surface area contributed by atoms with Gasteiger partial charge in [0.2, 0.25) is 0 Å². The molecular formula is C17H16N4O3. The van der Waals surface area contributed by atoms with Crippen molar-refractivity contribution in [3.63, 3.8) is 0 Å². The molecule has 3 aromatic rings. The van der Waals surface area contributed by atoms with E-state index in [2.05, 4.69) is 5.32 Å². The van der Waals surface area contributed by atoms with E-state index >= 15 is 0 Å². The highest BCUT2D eigenvalue weighted by atomic mass is 16.2. The highest BCUT2D eigenvalue weighted by molar-refractivity contribution is 6.07. The lowest BCUT2D eigenvalue weighted by Gasteiger charge is -2.12. The summed E-state index contributed by atoms with van der Waals surface area (Å²) in [7, 11) is 2.76. The van der Waals surface area contributed by atoms with Crippen LogP contribution in [0.4, 0.5) is 11.5 Å². The molecule has 0 unspecified atom stereocenters. The molecule has 1 heterocycles. The molecule has 0 bridgehead atoms. The Hall–Kier alpha value is -3.35. The summed E-state index contributed by atoms with van der Waals surface area (Å²) in [5, 5.41) is 4.43. The Kier molecular flexibility index (Phi) is 3.69. The highest BCUT2D eigenvalue weighted by Gasteiger charge is 2.16. The van der Waals surface area contributed by atoms with Crippen LogP contribution in [0.5, 0.6) is 0 Å². The summed E-state index contributed by atoms with van der Waals surface area (Å²) in [6.45, 7) is 0. The summed E-state index contributed by atoms with van der Waals surface area (Å²) in [5.74, 6) is -0.555. The Balaban J connectivity index is 2.03. The molecule has 3 N–H and O–H groups in total. The summed E-state index contributed by atoms with van der Waals surface area (Å²) in [6.07, 6.45) is 0. The molecule has 3 rings (SSSR count). The van der Waals surface area contributed by atoms with Crippen LogP contribution in [0.3, 0.4) is 0 Å². The van der Waals surface area contributed by atoms with E-state index in [9.17, 15) is 14.4 Å². The van der Waals surface area contributed by atoms with E-state index in [1.807, 2.05) is 30.3 Å². The van der Waals surface area contributed by atoms with Crippen LogP contribution in [0.15, 0.2) is 52.1 Å². The first-order chi connectivity index (χ1) is 11.4. The van der Waals surface area contributed by atoms with E-state index < -0.39 is 17.2 Å². The molecular weight excluding hydrogens is 308 g/mol. The van der Waals surface area contributed by atoms with Crippen molar-refractivity contribution in [1.82, 2.24) is 9.13 Å². The zero-order chi connectivity index (χ0) is 17.4. The van der Waals surface area contributed by atoms with Gasteiger partial charge in [-0.05, 0) is 22.9 Å². The average Bonchev–Trinajstić information content (AvgIpc) is 2.61. The summed E-state index contributed by atoms with van der Waals surface area (Å²) in [5.41, 5.74) is 4.88. The van der Waals surface area contributed by atoms with Crippen LogP contribution < -0.4 is 22.3 Å². The Morgan fingerprint density at radius 2 is 1.67 bits per heavy atom. The molecule has 0 aliphatic carbocycles. The number of nitrogens with two attached hydrogens (primary N) is 1. The zero-order valence-electron chi connectivity index (χ0n) is 13.2. The van der Waals surface area contributed by atoms with Crippen molar-refractivity contribution in [2.75, 3.05) is 11.1 Å². The van der Waals surface area contributed by atoms with Gasteiger partial charge in [-0.3, -0.25) is 18.7 Å². The number of nitrogens with one attached hydrogen (secondary N) is 1. The van der Waals surface area contributed by atoms with Gasteiger partial charge in [-0.2, -0.15) is 0 Å². The molecule has 0 radical (unpaired) electrons. The molecule has 7 heteroatoms. The van der Waals surface area contributed by atoms with Crippen molar-refractivity contribution < 1.29 is 4.79 Å². The number of anilines is 2. The zero-order valence-corrected chi connectivity index (χ0v) is 13.2. The van der Waals surface area contributed by atoms with Crippen molar-refractivity contribution in [2.45, 2.75) is 0 Å². The Morgan fingerprint density at radius 1 is 1.00 bits per heavy atom. The number of nitrogen functional groups attached to an aromatic ring is 1. The smallest absolute Gasteiger partial charge is 0.332 e. The molecule has 0 fully saturated rings. The van der Waals surface area contributed by atoms with Crippen molar-refractivity contribution >= 4 is 28.2 Å². The minimum atomic E-state index is -0.648. The topological polar surface area (TPSA) is 99.1 Å². The second kappa shape index (κ2) is 5.69. The summed E-state index contributed by atoms with van der Waals surface area (Å²) >= 11 is 0. The van der Waals surface area contributed by atoms with E-state index in [0.717, 1.165) is 19.9 Å². The van der Waals surface area contributed by atoms with E-state index in [4.69, 9.17) is 5.73 Å². The van der Waals surface area contributed by atoms with Gasteiger partial charge >= 0.3 is 5.69 Å². The van der Waals surface area contributed by atoms with E-state index in [0.29, 0.717) is 5.56 Å². The minimum absolute atomic E-state index is 0.0859. The fourth-order valence-corrected chi connectivity index (χ4v) is 2.49. The lowest BCUT2D eigenvalue weighted by atomic mass is 10.1. The Labute approximate surface area is 136 Å². The van der Waals surface area contributed by atoms with Crippen molar-refractivity contribution in [2.24, 2.45) is 14.1 Å². The lowest BCUT2D eigenvalue weighted by Crippen LogP contribution is -2.40. The molecule has 0 aliphatic heterocycles. The first-order valence-corrected chi connectivity index (χ1v) is 7.26. The summed E-state index contributed by atoms with van der Waals surface area (Å²) in [4.78, 5) is 36.5. The lowest BCUT2D eigenvalue weighted by molar-refractivity contribution is 0.102. The predicted octanol–water partition coefficient (Wildman–Crippen LogP) is 1.07. The maximum Gasteiger partial charge on any atom is 0.332 e. The van der Waals surface area contributed by atoms with Gasteiger partial charge in [0.1, 0.15) is 11.5 Å². The van der Waals surface area contributed by atoms with E-state index in [1.54, 1.807) is 12.1 Å². The van der Waals surface area contributed by atoms with Crippen LogP contribution in [0.25, 0.3) is 10.8 Å². The van der Waals surface area contributed by atoms with Gasteiger partial charge in [-0.15, -0.1) is 0 Å². The van der Waals surface area contributed by atoms with Crippen LogP contribution in [-0.2, 0) is 14.1 Å². The maximum absolute atomic E-state index is 12.5. The first kappa shape index (κ1) is 15.5. The fourth-order valence-electron chi connectivity index (χ4n) is 2.49. The monoisotopic (exact) mass is 324 g/mol. The number of carbonyl (C=O) groups is 1. The third kappa shape index (κ3) is 2.45. The number of nitrogens with zero attached hydrogens (tertiary/aromatic N) is 2. The average molecular weight is 324 g/mol. The third-order valence-corrected chi connectivity index (χ3v) is 3.96. The summed E-state index contributed by atoms with van der Waals surface area (Å²) in [6, 6.07) is 12.9. The Morgan fingerprint density at radius 3 is 2.38 bits per heavy atom. The predicted molar refractivity (Wildman–Crippen MR) is 93.2 cm³/mol. The molecule has 0 aliphatic rings. The molecule has 24 heavy (non-hydrogen) atoms. The SMILES string of the molecule is Cn1c(N)c(NC(=O)c2ccc3ccccc3c2)c(=O)n(C)c1=O. The second-order valence-electron chi connectivity index (χ2n) is 5.48. The first-order valence-electron chi connectivity index (χ1n) is 7.26. The van der Waals surface area contributed by atoms with Crippen LogP contribution in [0.1, 0.15) is 10.4 Å². The normalized spacial score (nSPS) is 10.8. The van der Waals surface area contributed by atoms with Gasteiger partial charge in [0, 0.05) is 19.7 Å². The molecule has 0 saturated carbocycles. The molecule has 122 valence electrons. The molecule has 7 nitrogen and oxygen atoms in total. The van der Waals surface area contributed by atoms with E-state index in [-0.39, 0.29) is 11.5 Å². The van der Waals surface area contributed by atoms with Crippen LogP contribution in [0.2, 0.25) is 0 Å².